The molecule has 0 N–H and O–H groups in total. The first kappa shape index (κ1) is 16.5. The standard InChI is InChI=1S/C25H23N/c1-2-3-8-19-9-6-11-21(17-19)22-12-7-13-23(18-22)25-24-14-5-4-10-20(24)15-16-26-25/h4-7,9-18H,2-3,8H2,1H3. The lowest BCUT2D eigenvalue weighted by Gasteiger charge is -2.09. The number of hydrogen-bond donors (Lipinski definition) is 0. The van der Waals surface area contributed by atoms with Crippen molar-refractivity contribution in [2.45, 2.75) is 26.2 Å². The normalized spacial score (nSPS) is 11.0. The third-order valence-electron chi connectivity index (χ3n) is 4.89. The molecule has 1 heteroatoms. The van der Waals surface area contributed by atoms with Crippen molar-refractivity contribution in [2.75, 3.05) is 0 Å². The van der Waals surface area contributed by atoms with E-state index in [4.69, 9.17) is 0 Å². The molecule has 0 aliphatic rings. The Balaban J connectivity index is 1.75. The molecule has 3 aromatic carbocycles. The molecule has 0 saturated carbocycles. The minimum atomic E-state index is 1.05. The van der Waals surface area contributed by atoms with Crippen molar-refractivity contribution in [2.24, 2.45) is 0 Å². The Morgan fingerprint density at radius 3 is 2.38 bits per heavy atom. The molecule has 4 aromatic rings. The van der Waals surface area contributed by atoms with E-state index in [1.807, 2.05) is 6.20 Å². The number of hydrogen-bond acceptors (Lipinski definition) is 1. The predicted molar refractivity (Wildman–Crippen MR) is 111 cm³/mol. The van der Waals surface area contributed by atoms with E-state index in [1.54, 1.807) is 0 Å². The molecule has 0 aliphatic carbocycles. The second kappa shape index (κ2) is 7.53. The summed E-state index contributed by atoms with van der Waals surface area (Å²) in [7, 11) is 0. The van der Waals surface area contributed by atoms with Crippen LogP contribution in [0.25, 0.3) is 33.2 Å². The topological polar surface area (TPSA) is 12.9 Å². The van der Waals surface area contributed by atoms with Crippen molar-refractivity contribution >= 4 is 10.8 Å². The number of nitrogens with zero attached hydrogens (tertiary/aromatic N) is 1. The molecule has 128 valence electrons. The first-order chi connectivity index (χ1) is 12.8. The average Bonchev–Trinajstić information content (AvgIpc) is 2.72. The Morgan fingerprint density at radius 2 is 1.50 bits per heavy atom. The van der Waals surface area contributed by atoms with E-state index in [-0.39, 0.29) is 0 Å². The molecule has 0 spiro atoms. The van der Waals surface area contributed by atoms with E-state index in [9.17, 15) is 0 Å². The molecule has 0 saturated heterocycles. The summed E-state index contributed by atoms with van der Waals surface area (Å²) in [6.07, 6.45) is 5.51. The maximum absolute atomic E-state index is 4.67. The zero-order valence-electron chi connectivity index (χ0n) is 15.2. The van der Waals surface area contributed by atoms with Gasteiger partial charge in [-0.2, -0.15) is 0 Å². The van der Waals surface area contributed by atoms with Gasteiger partial charge in [-0.3, -0.25) is 4.98 Å². The summed E-state index contributed by atoms with van der Waals surface area (Å²) >= 11 is 0. The van der Waals surface area contributed by atoms with Crippen LogP contribution >= 0.6 is 0 Å². The second-order valence-corrected chi connectivity index (χ2v) is 6.77. The summed E-state index contributed by atoms with van der Waals surface area (Å²) in [5, 5.41) is 2.42. The first-order valence-corrected chi connectivity index (χ1v) is 9.38. The van der Waals surface area contributed by atoms with Gasteiger partial charge in [-0.1, -0.05) is 80.1 Å². The average molecular weight is 337 g/mol. The van der Waals surface area contributed by atoms with E-state index in [0.29, 0.717) is 0 Å². The lowest BCUT2D eigenvalue weighted by atomic mass is 9.97. The van der Waals surface area contributed by atoms with Gasteiger partial charge < -0.3 is 0 Å². The molecule has 26 heavy (non-hydrogen) atoms. The Bertz CT molecular complexity index is 1030. The number of fused-ring (bicyclic) bond motifs is 1. The van der Waals surface area contributed by atoms with Crippen molar-refractivity contribution < 1.29 is 0 Å². The van der Waals surface area contributed by atoms with Gasteiger partial charge in [-0.05, 0) is 47.1 Å². The number of unbranched alkanes of at least 4 members (excludes halogenated alkanes) is 1. The summed E-state index contributed by atoms with van der Waals surface area (Å²) in [5.41, 5.74) is 6.15. The Labute approximate surface area is 155 Å². The van der Waals surface area contributed by atoms with Gasteiger partial charge in [0.05, 0.1) is 5.69 Å². The molecule has 4 rings (SSSR count). The van der Waals surface area contributed by atoms with Gasteiger partial charge in [0.25, 0.3) is 0 Å². The Kier molecular flexibility index (Phi) is 4.79. The molecule has 1 nitrogen and oxygen atoms in total. The number of aryl methyl sites for hydroxylation is 1. The van der Waals surface area contributed by atoms with Crippen molar-refractivity contribution in [3.8, 4) is 22.4 Å². The second-order valence-electron chi connectivity index (χ2n) is 6.77. The third-order valence-corrected chi connectivity index (χ3v) is 4.89. The molecule has 0 radical (unpaired) electrons. The van der Waals surface area contributed by atoms with E-state index in [2.05, 4.69) is 90.8 Å². The van der Waals surface area contributed by atoms with Crippen molar-refractivity contribution in [3.05, 3.63) is 90.6 Å². The highest BCUT2D eigenvalue weighted by atomic mass is 14.7. The van der Waals surface area contributed by atoms with Gasteiger partial charge in [-0.25, -0.2) is 0 Å². The zero-order valence-corrected chi connectivity index (χ0v) is 15.2. The zero-order chi connectivity index (χ0) is 17.8. The minimum absolute atomic E-state index is 1.05. The molecular weight excluding hydrogens is 314 g/mol. The smallest absolute Gasteiger partial charge is 0.0780 e. The monoisotopic (exact) mass is 337 g/mol. The van der Waals surface area contributed by atoms with Gasteiger partial charge in [0, 0.05) is 17.1 Å². The molecule has 0 fully saturated rings. The number of rotatable bonds is 5. The number of aromatic nitrogens is 1. The summed E-state index contributed by atoms with van der Waals surface area (Å²) < 4.78 is 0. The summed E-state index contributed by atoms with van der Waals surface area (Å²) in [5.74, 6) is 0. The van der Waals surface area contributed by atoms with Gasteiger partial charge in [0.15, 0.2) is 0 Å². The highest BCUT2D eigenvalue weighted by Crippen LogP contribution is 2.30. The van der Waals surface area contributed by atoms with Crippen LogP contribution in [0.3, 0.4) is 0 Å². The van der Waals surface area contributed by atoms with Crippen molar-refractivity contribution in [1.82, 2.24) is 4.98 Å². The van der Waals surface area contributed by atoms with Gasteiger partial charge in [0.2, 0.25) is 0 Å². The van der Waals surface area contributed by atoms with Crippen LogP contribution in [0.5, 0.6) is 0 Å². The molecular formula is C25H23N. The maximum atomic E-state index is 4.67. The first-order valence-electron chi connectivity index (χ1n) is 9.38. The van der Waals surface area contributed by atoms with Crippen LogP contribution in [0.15, 0.2) is 85.1 Å². The maximum Gasteiger partial charge on any atom is 0.0780 e. The Morgan fingerprint density at radius 1 is 0.731 bits per heavy atom. The van der Waals surface area contributed by atoms with Crippen LogP contribution in [0.1, 0.15) is 25.3 Å². The van der Waals surface area contributed by atoms with Gasteiger partial charge in [-0.15, -0.1) is 0 Å². The lowest BCUT2D eigenvalue weighted by Crippen LogP contribution is -1.88. The minimum Gasteiger partial charge on any atom is -0.256 e. The molecule has 1 heterocycles. The van der Waals surface area contributed by atoms with Crippen molar-refractivity contribution in [3.63, 3.8) is 0 Å². The fourth-order valence-corrected chi connectivity index (χ4v) is 3.48. The fraction of sp³-hybridized carbons (Fsp3) is 0.160. The third kappa shape index (κ3) is 3.39. The van der Waals surface area contributed by atoms with Crippen LogP contribution in [0, 0.1) is 0 Å². The molecule has 0 aliphatic heterocycles. The lowest BCUT2D eigenvalue weighted by molar-refractivity contribution is 0.795. The highest BCUT2D eigenvalue weighted by Gasteiger charge is 2.07. The molecule has 0 bridgehead atoms. The molecule has 0 amide bonds. The van der Waals surface area contributed by atoms with E-state index in [0.717, 1.165) is 12.1 Å². The molecule has 0 atom stereocenters. The summed E-state index contributed by atoms with van der Waals surface area (Å²) in [4.78, 5) is 4.67. The Hall–Kier alpha value is -2.93. The molecule has 1 aromatic heterocycles. The van der Waals surface area contributed by atoms with Gasteiger partial charge >= 0.3 is 0 Å². The highest BCUT2D eigenvalue weighted by molar-refractivity contribution is 5.95. The SMILES string of the molecule is CCCCc1cccc(-c2cccc(-c3nccc4ccccc34)c2)c1. The van der Waals surface area contributed by atoms with Gasteiger partial charge in [0.1, 0.15) is 0 Å². The van der Waals surface area contributed by atoms with Crippen LogP contribution < -0.4 is 0 Å². The fourth-order valence-electron chi connectivity index (χ4n) is 3.48. The number of pyridine rings is 1. The summed E-state index contributed by atoms with van der Waals surface area (Å²) in [6.45, 7) is 2.24. The van der Waals surface area contributed by atoms with Crippen LogP contribution in [-0.4, -0.2) is 4.98 Å². The van der Waals surface area contributed by atoms with E-state index < -0.39 is 0 Å². The predicted octanol–water partition coefficient (Wildman–Crippen LogP) is 6.91. The quantitative estimate of drug-likeness (QED) is 0.385. The number of benzene rings is 3. The van der Waals surface area contributed by atoms with E-state index in [1.165, 1.54) is 45.9 Å². The van der Waals surface area contributed by atoms with Crippen molar-refractivity contribution in [1.29, 1.82) is 0 Å². The van der Waals surface area contributed by atoms with Crippen LogP contribution in [-0.2, 0) is 6.42 Å². The summed E-state index contributed by atoms with van der Waals surface area (Å²) in [6, 6.07) is 28.2. The van der Waals surface area contributed by atoms with E-state index >= 15 is 0 Å². The largest absolute Gasteiger partial charge is 0.256 e. The van der Waals surface area contributed by atoms with Crippen LogP contribution in [0.2, 0.25) is 0 Å². The van der Waals surface area contributed by atoms with Crippen LogP contribution in [0.4, 0.5) is 0 Å². The molecule has 0 unspecified atom stereocenters.